The molecule has 2 saturated heterocycles. The number of fused-ring (bicyclic) bond motifs is 1. The van der Waals surface area contributed by atoms with E-state index in [0.29, 0.717) is 31.4 Å². The van der Waals surface area contributed by atoms with Crippen LogP contribution in [-0.2, 0) is 34.4 Å². The first-order chi connectivity index (χ1) is 21.0. The number of ether oxygens (including phenoxy) is 1. The number of benzene rings is 2. The van der Waals surface area contributed by atoms with Gasteiger partial charge < -0.3 is 25.6 Å². The van der Waals surface area contributed by atoms with Crippen LogP contribution in [0.1, 0.15) is 43.2 Å². The van der Waals surface area contributed by atoms with Crippen molar-refractivity contribution < 1.29 is 32.3 Å². The zero-order valence-electron chi connectivity index (χ0n) is 24.4. The molecule has 3 aromatic rings. The summed E-state index contributed by atoms with van der Waals surface area (Å²) in [4.78, 5) is 42.8. The summed E-state index contributed by atoms with van der Waals surface area (Å²) in [7, 11) is 1.79. The summed E-state index contributed by atoms with van der Waals surface area (Å²) in [6.07, 6.45) is -1.75. The van der Waals surface area contributed by atoms with E-state index in [1.54, 1.807) is 28.8 Å². The fraction of sp³-hybridized carbons (Fsp3) is 0.500. The molecule has 2 fully saturated rings. The quantitative estimate of drug-likeness (QED) is 0.358. The van der Waals surface area contributed by atoms with Gasteiger partial charge in [-0.3, -0.25) is 14.4 Å². The maximum absolute atomic E-state index is 13.5. The SMILES string of the molecule is Cn1nnc2cc(CNC(=O)[C@@H]3CC(Cc4ccc(OC(F)(F)F)cc4)CN3C(=O)[C@H](N)CCC(=O)N3CCCC3)ccc21. The fourth-order valence-corrected chi connectivity index (χ4v) is 5.97. The second-order valence-corrected chi connectivity index (χ2v) is 11.5. The van der Waals surface area contributed by atoms with Crippen molar-refractivity contribution in [1.82, 2.24) is 30.1 Å². The Hall–Kier alpha value is -4.20. The number of hydrogen-bond donors (Lipinski definition) is 2. The molecule has 44 heavy (non-hydrogen) atoms. The highest BCUT2D eigenvalue weighted by Gasteiger charge is 2.41. The number of likely N-dealkylation sites (tertiary alicyclic amines) is 2. The molecule has 1 unspecified atom stereocenters. The predicted octanol–water partition coefficient (Wildman–Crippen LogP) is 2.67. The lowest BCUT2D eigenvalue weighted by Gasteiger charge is -2.27. The molecule has 3 heterocycles. The highest BCUT2D eigenvalue weighted by Crippen LogP contribution is 2.29. The molecule has 14 heteroatoms. The standard InChI is InChI=1S/C30H36F3N7O4/c1-38-25-10-6-20(15-24(25)36-37-38)17-35-28(42)26-16-21(14-19-4-7-22(8-5-19)44-30(31,32)33)18-40(26)29(43)23(34)9-11-27(41)39-12-2-3-13-39/h4-8,10,15,21,23,26H,2-3,9,11-14,16-18,34H2,1H3,(H,35,42)/t21?,23-,26+/m1/s1. The summed E-state index contributed by atoms with van der Waals surface area (Å²) in [6.45, 7) is 1.89. The van der Waals surface area contributed by atoms with Crippen LogP contribution < -0.4 is 15.8 Å². The molecule has 236 valence electrons. The molecule has 3 amide bonds. The summed E-state index contributed by atoms with van der Waals surface area (Å²) in [6, 6.07) is 9.39. The topological polar surface area (TPSA) is 136 Å². The number of nitrogens with two attached hydrogens (primary N) is 1. The minimum Gasteiger partial charge on any atom is -0.406 e. The Labute approximate surface area is 252 Å². The van der Waals surface area contributed by atoms with Crippen molar-refractivity contribution in [1.29, 1.82) is 0 Å². The highest BCUT2D eigenvalue weighted by atomic mass is 19.4. The van der Waals surface area contributed by atoms with Crippen LogP contribution in [0.4, 0.5) is 13.2 Å². The molecular formula is C30H36F3N7O4. The number of aromatic nitrogens is 3. The Morgan fingerprint density at radius 1 is 1.09 bits per heavy atom. The van der Waals surface area contributed by atoms with Gasteiger partial charge in [0.2, 0.25) is 17.7 Å². The van der Waals surface area contributed by atoms with Gasteiger partial charge in [0.1, 0.15) is 17.3 Å². The number of halogens is 3. The smallest absolute Gasteiger partial charge is 0.406 e. The minimum absolute atomic E-state index is 0.0302. The minimum atomic E-state index is -4.79. The second kappa shape index (κ2) is 13.2. The largest absolute Gasteiger partial charge is 0.573 e. The third kappa shape index (κ3) is 7.65. The summed E-state index contributed by atoms with van der Waals surface area (Å²) < 4.78 is 43.3. The third-order valence-corrected chi connectivity index (χ3v) is 8.24. The van der Waals surface area contributed by atoms with Crippen LogP contribution in [0.3, 0.4) is 0 Å². The number of carbonyl (C=O) groups is 3. The summed E-state index contributed by atoms with van der Waals surface area (Å²) in [5, 5.41) is 11.0. The third-order valence-electron chi connectivity index (χ3n) is 8.24. The number of carbonyl (C=O) groups excluding carboxylic acids is 3. The number of alkyl halides is 3. The van der Waals surface area contributed by atoms with Gasteiger partial charge in [-0.25, -0.2) is 4.68 Å². The molecular weight excluding hydrogens is 579 g/mol. The Morgan fingerprint density at radius 3 is 2.50 bits per heavy atom. The number of hydrogen-bond acceptors (Lipinski definition) is 7. The molecule has 0 spiro atoms. The van der Waals surface area contributed by atoms with Gasteiger partial charge in [-0.2, -0.15) is 0 Å². The normalized spacial score (nSPS) is 19.4. The molecule has 3 atom stereocenters. The van der Waals surface area contributed by atoms with E-state index in [1.165, 1.54) is 17.0 Å². The molecule has 3 N–H and O–H groups in total. The molecule has 2 aromatic carbocycles. The zero-order chi connectivity index (χ0) is 31.4. The zero-order valence-corrected chi connectivity index (χ0v) is 24.4. The van der Waals surface area contributed by atoms with Crippen LogP contribution in [0.15, 0.2) is 42.5 Å². The lowest BCUT2D eigenvalue weighted by atomic mass is 9.96. The van der Waals surface area contributed by atoms with Crippen LogP contribution in [0, 0.1) is 5.92 Å². The fourth-order valence-electron chi connectivity index (χ4n) is 5.97. The monoisotopic (exact) mass is 615 g/mol. The number of amides is 3. The van der Waals surface area contributed by atoms with Crippen molar-refractivity contribution in [3.63, 3.8) is 0 Å². The molecule has 2 aliphatic heterocycles. The first kappa shape index (κ1) is 31.2. The van der Waals surface area contributed by atoms with E-state index in [-0.39, 0.29) is 49.4 Å². The predicted molar refractivity (Wildman–Crippen MR) is 154 cm³/mol. The molecule has 2 aliphatic rings. The van der Waals surface area contributed by atoms with Crippen LogP contribution in [0.25, 0.3) is 11.0 Å². The highest BCUT2D eigenvalue weighted by molar-refractivity contribution is 5.91. The average molecular weight is 616 g/mol. The van der Waals surface area contributed by atoms with Crippen LogP contribution in [-0.4, -0.2) is 80.6 Å². The van der Waals surface area contributed by atoms with Gasteiger partial charge in [0.15, 0.2) is 0 Å². The lowest BCUT2D eigenvalue weighted by molar-refractivity contribution is -0.274. The maximum Gasteiger partial charge on any atom is 0.573 e. The first-order valence-corrected chi connectivity index (χ1v) is 14.7. The molecule has 0 saturated carbocycles. The van der Waals surface area contributed by atoms with Crippen LogP contribution >= 0.6 is 0 Å². The Balaban J connectivity index is 1.25. The number of rotatable bonds is 10. The molecule has 0 aliphatic carbocycles. The van der Waals surface area contributed by atoms with Gasteiger partial charge in [0.25, 0.3) is 0 Å². The first-order valence-electron chi connectivity index (χ1n) is 14.7. The van der Waals surface area contributed by atoms with Gasteiger partial charge in [-0.1, -0.05) is 23.4 Å². The number of aryl methyl sites for hydroxylation is 1. The van der Waals surface area contributed by atoms with Gasteiger partial charge in [-0.15, -0.1) is 18.3 Å². The van der Waals surface area contributed by atoms with Crippen LogP contribution in [0.5, 0.6) is 5.75 Å². The molecule has 5 rings (SSSR count). The lowest BCUT2D eigenvalue weighted by Crippen LogP contribution is -2.51. The summed E-state index contributed by atoms with van der Waals surface area (Å²) in [5.74, 6) is -1.24. The van der Waals surface area contributed by atoms with Crippen molar-refractivity contribution >= 4 is 28.8 Å². The second-order valence-electron chi connectivity index (χ2n) is 11.5. The summed E-state index contributed by atoms with van der Waals surface area (Å²) >= 11 is 0. The van der Waals surface area contributed by atoms with Crippen molar-refractivity contribution in [2.45, 2.75) is 63.5 Å². The van der Waals surface area contributed by atoms with E-state index in [4.69, 9.17) is 5.73 Å². The Bertz CT molecular complexity index is 1490. The van der Waals surface area contributed by atoms with E-state index in [1.807, 2.05) is 18.2 Å². The van der Waals surface area contributed by atoms with Crippen molar-refractivity contribution in [2.24, 2.45) is 18.7 Å². The van der Waals surface area contributed by atoms with E-state index >= 15 is 0 Å². The Kier molecular flexibility index (Phi) is 9.37. The summed E-state index contributed by atoms with van der Waals surface area (Å²) in [5.41, 5.74) is 9.38. The van der Waals surface area contributed by atoms with Gasteiger partial charge >= 0.3 is 6.36 Å². The number of nitrogens with zero attached hydrogens (tertiary/aromatic N) is 5. The average Bonchev–Trinajstić information content (AvgIpc) is 3.75. The molecule has 0 radical (unpaired) electrons. The van der Waals surface area contributed by atoms with Gasteiger partial charge in [0.05, 0.1) is 11.6 Å². The molecule has 1 aromatic heterocycles. The van der Waals surface area contributed by atoms with E-state index in [9.17, 15) is 27.6 Å². The van der Waals surface area contributed by atoms with Crippen molar-refractivity contribution in [3.8, 4) is 5.75 Å². The Morgan fingerprint density at radius 2 is 1.80 bits per heavy atom. The molecule has 0 bridgehead atoms. The van der Waals surface area contributed by atoms with E-state index in [2.05, 4.69) is 20.4 Å². The van der Waals surface area contributed by atoms with E-state index < -0.39 is 24.4 Å². The van der Waals surface area contributed by atoms with Crippen LogP contribution in [0.2, 0.25) is 0 Å². The van der Waals surface area contributed by atoms with Crippen molar-refractivity contribution in [2.75, 3.05) is 19.6 Å². The van der Waals surface area contributed by atoms with Crippen molar-refractivity contribution in [3.05, 3.63) is 53.6 Å². The van der Waals surface area contributed by atoms with E-state index in [0.717, 1.165) is 29.5 Å². The maximum atomic E-state index is 13.5. The van der Waals surface area contributed by atoms with Gasteiger partial charge in [-0.05, 0) is 73.4 Å². The number of nitrogens with one attached hydrogen (secondary N) is 1. The van der Waals surface area contributed by atoms with Gasteiger partial charge in [0, 0.05) is 39.6 Å². The molecule has 11 nitrogen and oxygen atoms in total.